The summed E-state index contributed by atoms with van der Waals surface area (Å²) in [5.41, 5.74) is 0. The van der Waals surface area contributed by atoms with Gasteiger partial charge in [0, 0.05) is 0 Å². The normalized spacial score (nSPS) is 46.4. The largest absolute Gasteiger partial charge is 0.394 e. The van der Waals surface area contributed by atoms with Crippen molar-refractivity contribution in [1.29, 1.82) is 0 Å². The first-order chi connectivity index (χ1) is 6.24. The van der Waals surface area contributed by atoms with E-state index in [-0.39, 0.29) is 6.79 Å². The Bertz CT molecular complexity index is 186. The molecule has 0 aromatic heterocycles. The monoisotopic (exact) mass is 192 g/mol. The molecule has 6 heteroatoms. The molecule has 6 nitrogen and oxygen atoms in total. The van der Waals surface area contributed by atoms with Gasteiger partial charge in [0.1, 0.15) is 24.4 Å². The Morgan fingerprint density at radius 3 is 2.77 bits per heavy atom. The van der Waals surface area contributed by atoms with E-state index in [0.717, 1.165) is 0 Å². The summed E-state index contributed by atoms with van der Waals surface area (Å²) < 4.78 is 15.1. The Kier molecular flexibility index (Phi) is 2.50. The molecule has 2 heterocycles. The van der Waals surface area contributed by atoms with Crippen LogP contribution in [0, 0.1) is 0 Å². The van der Waals surface area contributed by atoms with Crippen LogP contribution in [0.3, 0.4) is 0 Å². The zero-order valence-corrected chi connectivity index (χ0v) is 6.87. The first kappa shape index (κ1) is 9.32. The SMILES string of the molecule is OC[C@@H](O)[C@H]1O[C@@H]2OCO[C@@H]2[C@H]1O. The molecule has 2 aliphatic rings. The molecule has 5 atom stereocenters. The Labute approximate surface area is 74.6 Å². The second-order valence-electron chi connectivity index (χ2n) is 3.13. The van der Waals surface area contributed by atoms with Gasteiger partial charge in [-0.25, -0.2) is 0 Å². The van der Waals surface area contributed by atoms with Gasteiger partial charge in [0.05, 0.1) is 6.61 Å². The second-order valence-corrected chi connectivity index (χ2v) is 3.13. The standard InChI is InChI=1S/C7H12O6/c8-1-3(9)5-4(10)6-7(13-5)12-2-11-6/h3-10H,1-2H2/t3-,4+,5-,6-,7+/m1/s1. The van der Waals surface area contributed by atoms with Crippen molar-refractivity contribution < 1.29 is 29.5 Å². The number of hydrogen-bond acceptors (Lipinski definition) is 6. The summed E-state index contributed by atoms with van der Waals surface area (Å²) in [4.78, 5) is 0. The quantitative estimate of drug-likeness (QED) is 0.460. The molecule has 0 aromatic rings. The van der Waals surface area contributed by atoms with Gasteiger partial charge < -0.3 is 29.5 Å². The molecule has 0 spiro atoms. The number of aliphatic hydroxyl groups is 3. The van der Waals surface area contributed by atoms with Crippen LogP contribution in [0.25, 0.3) is 0 Å². The topological polar surface area (TPSA) is 88.4 Å². The molecule has 0 aromatic carbocycles. The van der Waals surface area contributed by atoms with Crippen molar-refractivity contribution in [3.05, 3.63) is 0 Å². The smallest absolute Gasteiger partial charge is 0.189 e. The molecule has 0 amide bonds. The van der Waals surface area contributed by atoms with Gasteiger partial charge in [-0.1, -0.05) is 0 Å². The molecule has 0 radical (unpaired) electrons. The van der Waals surface area contributed by atoms with Gasteiger partial charge in [0.2, 0.25) is 0 Å². The maximum absolute atomic E-state index is 9.56. The van der Waals surface area contributed by atoms with Gasteiger partial charge in [-0.3, -0.25) is 0 Å². The van der Waals surface area contributed by atoms with Gasteiger partial charge in [0.25, 0.3) is 0 Å². The highest BCUT2D eigenvalue weighted by atomic mass is 16.8. The van der Waals surface area contributed by atoms with Crippen molar-refractivity contribution >= 4 is 0 Å². The number of hydrogen-bond donors (Lipinski definition) is 3. The second kappa shape index (κ2) is 3.49. The van der Waals surface area contributed by atoms with E-state index in [4.69, 9.17) is 19.3 Å². The minimum absolute atomic E-state index is 0.0916. The van der Waals surface area contributed by atoms with Gasteiger partial charge in [0.15, 0.2) is 13.1 Å². The van der Waals surface area contributed by atoms with E-state index >= 15 is 0 Å². The van der Waals surface area contributed by atoms with E-state index in [1.165, 1.54) is 0 Å². The zero-order chi connectivity index (χ0) is 9.42. The van der Waals surface area contributed by atoms with Crippen molar-refractivity contribution in [3.63, 3.8) is 0 Å². The third-order valence-electron chi connectivity index (χ3n) is 2.29. The fourth-order valence-corrected chi connectivity index (χ4v) is 1.58. The lowest BCUT2D eigenvalue weighted by molar-refractivity contribution is -0.160. The Morgan fingerprint density at radius 1 is 1.38 bits per heavy atom. The summed E-state index contributed by atoms with van der Waals surface area (Å²) in [6, 6.07) is 0. The van der Waals surface area contributed by atoms with Crippen molar-refractivity contribution in [3.8, 4) is 0 Å². The molecular formula is C7H12O6. The molecule has 13 heavy (non-hydrogen) atoms. The van der Waals surface area contributed by atoms with Crippen LogP contribution in [-0.2, 0) is 14.2 Å². The van der Waals surface area contributed by atoms with E-state index in [9.17, 15) is 10.2 Å². The maximum Gasteiger partial charge on any atom is 0.189 e. The lowest BCUT2D eigenvalue weighted by Gasteiger charge is -2.19. The first-order valence-corrected chi connectivity index (χ1v) is 4.09. The van der Waals surface area contributed by atoms with Crippen LogP contribution in [0.15, 0.2) is 0 Å². The van der Waals surface area contributed by atoms with Crippen molar-refractivity contribution in [2.75, 3.05) is 13.4 Å². The number of rotatable bonds is 2. The summed E-state index contributed by atoms with van der Waals surface area (Å²) >= 11 is 0. The summed E-state index contributed by atoms with van der Waals surface area (Å²) in [6.45, 7) is -0.366. The van der Waals surface area contributed by atoms with Crippen LogP contribution in [0.5, 0.6) is 0 Å². The summed E-state index contributed by atoms with van der Waals surface area (Å²) in [7, 11) is 0. The Balaban J connectivity index is 2.01. The van der Waals surface area contributed by atoms with E-state index in [0.29, 0.717) is 0 Å². The third-order valence-corrected chi connectivity index (χ3v) is 2.29. The minimum Gasteiger partial charge on any atom is -0.394 e. The summed E-state index contributed by atoms with van der Waals surface area (Å²) in [5, 5.41) is 27.5. The lowest BCUT2D eigenvalue weighted by atomic mass is 10.1. The van der Waals surface area contributed by atoms with Crippen molar-refractivity contribution in [2.24, 2.45) is 0 Å². The van der Waals surface area contributed by atoms with Crippen molar-refractivity contribution in [2.45, 2.75) is 30.7 Å². The van der Waals surface area contributed by atoms with Crippen LogP contribution in [0.4, 0.5) is 0 Å². The van der Waals surface area contributed by atoms with Gasteiger partial charge in [-0.15, -0.1) is 0 Å². The molecule has 2 rings (SSSR count). The molecule has 0 saturated carbocycles. The van der Waals surface area contributed by atoms with Gasteiger partial charge in [-0.2, -0.15) is 0 Å². The van der Waals surface area contributed by atoms with Crippen LogP contribution >= 0.6 is 0 Å². The van der Waals surface area contributed by atoms with Crippen LogP contribution in [0.2, 0.25) is 0 Å². The molecule has 3 N–H and O–H groups in total. The maximum atomic E-state index is 9.56. The molecular weight excluding hydrogens is 180 g/mol. The highest BCUT2D eigenvalue weighted by molar-refractivity contribution is 4.92. The fraction of sp³-hybridized carbons (Fsp3) is 1.00. The highest BCUT2D eigenvalue weighted by Gasteiger charge is 2.50. The number of fused-ring (bicyclic) bond motifs is 1. The molecule has 2 fully saturated rings. The van der Waals surface area contributed by atoms with Crippen LogP contribution in [0.1, 0.15) is 0 Å². The number of aliphatic hydroxyl groups excluding tert-OH is 3. The van der Waals surface area contributed by atoms with Gasteiger partial charge in [-0.05, 0) is 0 Å². The van der Waals surface area contributed by atoms with Crippen molar-refractivity contribution in [1.82, 2.24) is 0 Å². The fourth-order valence-electron chi connectivity index (χ4n) is 1.58. The van der Waals surface area contributed by atoms with E-state index in [1.54, 1.807) is 0 Å². The van der Waals surface area contributed by atoms with E-state index in [1.807, 2.05) is 0 Å². The molecule has 0 aliphatic carbocycles. The first-order valence-electron chi connectivity index (χ1n) is 4.09. The zero-order valence-electron chi connectivity index (χ0n) is 6.87. The van der Waals surface area contributed by atoms with Crippen LogP contribution < -0.4 is 0 Å². The minimum atomic E-state index is -1.10. The average Bonchev–Trinajstić information content (AvgIpc) is 2.68. The van der Waals surface area contributed by atoms with Crippen LogP contribution in [-0.4, -0.2) is 59.4 Å². The van der Waals surface area contributed by atoms with E-state index < -0.39 is 37.3 Å². The lowest BCUT2D eigenvalue weighted by Crippen LogP contribution is -2.40. The molecule has 2 aliphatic heterocycles. The third kappa shape index (κ3) is 1.45. The predicted octanol–water partition coefficient (Wildman–Crippen LogP) is -2.20. The van der Waals surface area contributed by atoms with Gasteiger partial charge >= 0.3 is 0 Å². The highest BCUT2D eigenvalue weighted by Crippen LogP contribution is 2.30. The Hall–Kier alpha value is -0.240. The molecule has 2 saturated heterocycles. The molecule has 0 bridgehead atoms. The summed E-state index contributed by atoms with van der Waals surface area (Å²) in [5.74, 6) is 0. The number of ether oxygens (including phenoxy) is 3. The Morgan fingerprint density at radius 2 is 2.15 bits per heavy atom. The van der Waals surface area contributed by atoms with E-state index in [2.05, 4.69) is 0 Å². The molecule has 76 valence electrons. The summed E-state index contributed by atoms with van der Waals surface area (Å²) in [6.07, 6.45) is -4.06. The average molecular weight is 192 g/mol. The predicted molar refractivity (Wildman–Crippen MR) is 38.6 cm³/mol. The molecule has 0 unspecified atom stereocenters.